The van der Waals surface area contributed by atoms with E-state index in [0.717, 1.165) is 18.4 Å². The Morgan fingerprint density at radius 1 is 1.38 bits per heavy atom. The van der Waals surface area contributed by atoms with E-state index in [-0.39, 0.29) is 22.8 Å². The van der Waals surface area contributed by atoms with Gasteiger partial charge >= 0.3 is 0 Å². The maximum Gasteiger partial charge on any atom is 0.238 e. The van der Waals surface area contributed by atoms with Crippen LogP contribution in [0.2, 0.25) is 0 Å². The fourth-order valence-corrected chi connectivity index (χ4v) is 2.82. The number of hydrogen-bond donors (Lipinski definition) is 2. The Bertz CT molecular complexity index is 592. The molecule has 1 aliphatic rings. The average molecular weight is 312 g/mol. The van der Waals surface area contributed by atoms with Crippen molar-refractivity contribution in [3.63, 3.8) is 0 Å². The van der Waals surface area contributed by atoms with E-state index in [0.29, 0.717) is 13.2 Å². The molecule has 2 rings (SSSR count). The number of hydrogen-bond acceptors (Lipinski definition) is 4. The number of benzene rings is 1. The van der Waals surface area contributed by atoms with Gasteiger partial charge in [-0.3, -0.25) is 4.79 Å². The molecule has 1 aromatic carbocycles. The predicted molar refractivity (Wildman–Crippen MR) is 77.9 cm³/mol. The van der Waals surface area contributed by atoms with E-state index in [1.807, 2.05) is 6.92 Å². The molecule has 2 unspecified atom stereocenters. The van der Waals surface area contributed by atoms with Crippen LogP contribution in [0.1, 0.15) is 31.4 Å². The Labute approximate surface area is 124 Å². The Morgan fingerprint density at radius 3 is 2.57 bits per heavy atom. The van der Waals surface area contributed by atoms with Crippen LogP contribution in [-0.2, 0) is 19.6 Å². The summed E-state index contributed by atoms with van der Waals surface area (Å²) in [5.41, 5.74) is 0.826. The SMILES string of the molecule is CC(NC(=O)C1CCCOC1)c1ccc(S(N)(=O)=O)cc1. The second-order valence-electron chi connectivity index (χ2n) is 5.26. The van der Waals surface area contributed by atoms with Crippen LogP contribution >= 0.6 is 0 Å². The summed E-state index contributed by atoms with van der Waals surface area (Å²) in [6.07, 6.45) is 1.73. The molecule has 3 N–H and O–H groups in total. The van der Waals surface area contributed by atoms with Crippen molar-refractivity contribution in [1.82, 2.24) is 5.32 Å². The van der Waals surface area contributed by atoms with Gasteiger partial charge in [0.2, 0.25) is 15.9 Å². The van der Waals surface area contributed by atoms with Crippen molar-refractivity contribution in [2.45, 2.75) is 30.7 Å². The number of primary sulfonamides is 1. The fraction of sp³-hybridized carbons (Fsp3) is 0.500. The highest BCUT2D eigenvalue weighted by molar-refractivity contribution is 7.89. The van der Waals surface area contributed by atoms with Gasteiger partial charge in [-0.2, -0.15) is 0 Å². The number of carbonyl (C=O) groups is 1. The Balaban J connectivity index is 1.99. The lowest BCUT2D eigenvalue weighted by Gasteiger charge is -2.23. The van der Waals surface area contributed by atoms with Crippen molar-refractivity contribution < 1.29 is 17.9 Å². The average Bonchev–Trinajstić information content (AvgIpc) is 2.47. The van der Waals surface area contributed by atoms with E-state index in [4.69, 9.17) is 9.88 Å². The first-order chi connectivity index (χ1) is 9.88. The maximum absolute atomic E-state index is 12.1. The lowest BCUT2D eigenvalue weighted by molar-refractivity contribution is -0.129. The summed E-state index contributed by atoms with van der Waals surface area (Å²) in [7, 11) is -3.69. The van der Waals surface area contributed by atoms with E-state index < -0.39 is 10.0 Å². The summed E-state index contributed by atoms with van der Waals surface area (Å²) in [4.78, 5) is 12.2. The first-order valence-corrected chi connectivity index (χ1v) is 8.43. The first kappa shape index (κ1) is 15.9. The lowest BCUT2D eigenvalue weighted by Crippen LogP contribution is -2.36. The first-order valence-electron chi connectivity index (χ1n) is 6.89. The highest BCUT2D eigenvalue weighted by Gasteiger charge is 2.23. The third-order valence-corrected chi connectivity index (χ3v) is 4.53. The van der Waals surface area contributed by atoms with Gasteiger partial charge in [-0.15, -0.1) is 0 Å². The van der Waals surface area contributed by atoms with E-state index >= 15 is 0 Å². The Hall–Kier alpha value is -1.44. The minimum Gasteiger partial charge on any atom is -0.381 e. The zero-order chi connectivity index (χ0) is 15.5. The molecule has 7 heteroatoms. The highest BCUT2D eigenvalue weighted by atomic mass is 32.2. The van der Waals surface area contributed by atoms with Gasteiger partial charge in [-0.05, 0) is 37.5 Å². The van der Waals surface area contributed by atoms with Gasteiger partial charge in [0.15, 0.2) is 0 Å². The van der Waals surface area contributed by atoms with Gasteiger partial charge in [0, 0.05) is 6.61 Å². The Kier molecular flexibility index (Phi) is 4.97. The molecule has 6 nitrogen and oxygen atoms in total. The standard InChI is InChI=1S/C14H20N2O4S/c1-10(16-14(17)12-3-2-8-20-9-12)11-4-6-13(7-5-11)21(15,18)19/h4-7,10,12H,2-3,8-9H2,1H3,(H,16,17)(H2,15,18,19). The minimum atomic E-state index is -3.69. The molecule has 0 aliphatic carbocycles. The number of amides is 1. The summed E-state index contributed by atoms with van der Waals surface area (Å²) >= 11 is 0. The molecule has 0 radical (unpaired) electrons. The number of nitrogens with two attached hydrogens (primary N) is 1. The van der Waals surface area contributed by atoms with Crippen molar-refractivity contribution in [3.8, 4) is 0 Å². The number of carbonyl (C=O) groups excluding carboxylic acids is 1. The number of nitrogens with one attached hydrogen (secondary N) is 1. The predicted octanol–water partition coefficient (Wildman–Crippen LogP) is 0.938. The quantitative estimate of drug-likeness (QED) is 0.864. The number of ether oxygens (including phenoxy) is 1. The molecule has 1 fully saturated rings. The normalized spacial score (nSPS) is 20.8. The maximum atomic E-state index is 12.1. The summed E-state index contributed by atoms with van der Waals surface area (Å²) in [5, 5.41) is 7.97. The van der Waals surface area contributed by atoms with E-state index in [9.17, 15) is 13.2 Å². The molecule has 116 valence electrons. The fourth-order valence-electron chi connectivity index (χ4n) is 2.31. The molecule has 0 spiro atoms. The van der Waals surface area contributed by atoms with Crippen molar-refractivity contribution >= 4 is 15.9 Å². The molecule has 1 aliphatic heterocycles. The zero-order valence-corrected chi connectivity index (χ0v) is 12.7. The molecule has 21 heavy (non-hydrogen) atoms. The van der Waals surface area contributed by atoms with E-state index in [2.05, 4.69) is 5.32 Å². The van der Waals surface area contributed by atoms with Crippen LogP contribution in [0.5, 0.6) is 0 Å². The molecule has 2 atom stereocenters. The zero-order valence-electron chi connectivity index (χ0n) is 11.9. The molecule has 1 aromatic rings. The van der Waals surface area contributed by atoms with Crippen molar-refractivity contribution in [1.29, 1.82) is 0 Å². The van der Waals surface area contributed by atoms with Crippen molar-refractivity contribution in [3.05, 3.63) is 29.8 Å². The van der Waals surface area contributed by atoms with Crippen LogP contribution in [0.4, 0.5) is 0 Å². The van der Waals surface area contributed by atoms with Crippen LogP contribution in [0.3, 0.4) is 0 Å². The third kappa shape index (κ3) is 4.26. The monoisotopic (exact) mass is 312 g/mol. The van der Waals surface area contributed by atoms with Crippen molar-refractivity contribution in [2.75, 3.05) is 13.2 Å². The van der Waals surface area contributed by atoms with Gasteiger partial charge < -0.3 is 10.1 Å². The molecular weight excluding hydrogens is 292 g/mol. The van der Waals surface area contributed by atoms with E-state index in [1.165, 1.54) is 12.1 Å². The number of sulfonamides is 1. The molecule has 0 aromatic heterocycles. The third-order valence-electron chi connectivity index (χ3n) is 3.60. The minimum absolute atomic E-state index is 0.0299. The van der Waals surface area contributed by atoms with Gasteiger partial charge in [0.05, 0.1) is 23.5 Å². The second-order valence-corrected chi connectivity index (χ2v) is 6.82. The Morgan fingerprint density at radius 2 is 2.05 bits per heavy atom. The summed E-state index contributed by atoms with van der Waals surface area (Å²) in [5.74, 6) is -0.136. The van der Waals surface area contributed by atoms with Crippen LogP contribution in [-0.4, -0.2) is 27.5 Å². The van der Waals surface area contributed by atoms with Gasteiger partial charge in [0.1, 0.15) is 0 Å². The van der Waals surface area contributed by atoms with Crippen molar-refractivity contribution in [2.24, 2.45) is 11.1 Å². The van der Waals surface area contributed by atoms with Crippen LogP contribution in [0.25, 0.3) is 0 Å². The molecule has 0 bridgehead atoms. The van der Waals surface area contributed by atoms with Crippen LogP contribution < -0.4 is 10.5 Å². The smallest absolute Gasteiger partial charge is 0.238 e. The van der Waals surface area contributed by atoms with Gasteiger partial charge in [-0.1, -0.05) is 12.1 Å². The number of rotatable bonds is 4. The second kappa shape index (κ2) is 6.55. The largest absolute Gasteiger partial charge is 0.381 e. The lowest BCUT2D eigenvalue weighted by atomic mass is 10.0. The molecule has 1 heterocycles. The van der Waals surface area contributed by atoms with Gasteiger partial charge in [0.25, 0.3) is 0 Å². The van der Waals surface area contributed by atoms with Crippen LogP contribution in [0, 0.1) is 5.92 Å². The highest BCUT2D eigenvalue weighted by Crippen LogP contribution is 2.18. The molecule has 0 saturated carbocycles. The molecule has 1 amide bonds. The summed E-state index contributed by atoms with van der Waals surface area (Å²) in [6.45, 7) is 3.03. The van der Waals surface area contributed by atoms with E-state index in [1.54, 1.807) is 12.1 Å². The summed E-state index contributed by atoms with van der Waals surface area (Å²) in [6, 6.07) is 5.99. The van der Waals surface area contributed by atoms with Gasteiger partial charge in [-0.25, -0.2) is 13.6 Å². The molecule has 1 saturated heterocycles. The summed E-state index contributed by atoms with van der Waals surface area (Å²) < 4.78 is 27.7. The molecular formula is C14H20N2O4S. The van der Waals surface area contributed by atoms with Crippen LogP contribution in [0.15, 0.2) is 29.2 Å². The topological polar surface area (TPSA) is 98.5 Å².